The van der Waals surface area contributed by atoms with Crippen LogP contribution in [0.15, 0.2) is 30.3 Å². The van der Waals surface area contributed by atoms with Gasteiger partial charge in [0.1, 0.15) is 0 Å². The van der Waals surface area contributed by atoms with E-state index < -0.39 is 0 Å². The van der Waals surface area contributed by atoms with Gasteiger partial charge in [-0.3, -0.25) is 4.90 Å². The second-order valence-electron chi connectivity index (χ2n) is 6.03. The Labute approximate surface area is 123 Å². The zero-order valence-corrected chi connectivity index (χ0v) is 12.8. The standard InChI is InChI=1S/C18H26N2/c1-3-18(4-2)11-14-20(15-12-18)17(10-13-19)16-8-6-5-7-9-16/h5-9,17H,3-4,10-12,14-15H2,1-2H3. The summed E-state index contributed by atoms with van der Waals surface area (Å²) in [6, 6.07) is 13.1. The summed E-state index contributed by atoms with van der Waals surface area (Å²) in [7, 11) is 0. The summed E-state index contributed by atoms with van der Waals surface area (Å²) in [5, 5.41) is 9.15. The maximum atomic E-state index is 9.15. The minimum atomic E-state index is 0.271. The van der Waals surface area contributed by atoms with Gasteiger partial charge in [0.25, 0.3) is 0 Å². The van der Waals surface area contributed by atoms with E-state index in [4.69, 9.17) is 5.26 Å². The molecule has 2 heteroatoms. The van der Waals surface area contributed by atoms with Gasteiger partial charge >= 0.3 is 0 Å². The van der Waals surface area contributed by atoms with E-state index in [2.05, 4.69) is 49.1 Å². The molecule has 2 rings (SSSR count). The van der Waals surface area contributed by atoms with E-state index >= 15 is 0 Å². The number of hydrogen-bond acceptors (Lipinski definition) is 2. The third kappa shape index (κ3) is 3.22. The topological polar surface area (TPSA) is 27.0 Å². The predicted octanol–water partition coefficient (Wildman–Crippen LogP) is 4.54. The van der Waals surface area contributed by atoms with Crippen LogP contribution < -0.4 is 0 Å². The Kier molecular flexibility index (Phi) is 5.20. The molecule has 108 valence electrons. The Morgan fingerprint density at radius 3 is 2.25 bits per heavy atom. The molecule has 0 radical (unpaired) electrons. The summed E-state index contributed by atoms with van der Waals surface area (Å²) in [5.74, 6) is 0. The van der Waals surface area contributed by atoms with E-state index in [9.17, 15) is 0 Å². The van der Waals surface area contributed by atoms with Gasteiger partial charge in [0, 0.05) is 6.04 Å². The fourth-order valence-corrected chi connectivity index (χ4v) is 3.49. The van der Waals surface area contributed by atoms with Crippen LogP contribution >= 0.6 is 0 Å². The van der Waals surface area contributed by atoms with Crippen molar-refractivity contribution in [3.05, 3.63) is 35.9 Å². The molecule has 1 aromatic rings. The van der Waals surface area contributed by atoms with Gasteiger partial charge in [-0.25, -0.2) is 0 Å². The van der Waals surface area contributed by atoms with Crippen LogP contribution in [-0.4, -0.2) is 18.0 Å². The van der Waals surface area contributed by atoms with Crippen molar-refractivity contribution in [3.63, 3.8) is 0 Å². The molecule has 0 aliphatic carbocycles. The van der Waals surface area contributed by atoms with Gasteiger partial charge in [0.2, 0.25) is 0 Å². The van der Waals surface area contributed by atoms with E-state index in [1.165, 1.54) is 31.2 Å². The first-order valence-electron chi connectivity index (χ1n) is 7.90. The van der Waals surface area contributed by atoms with Crippen LogP contribution in [-0.2, 0) is 0 Å². The lowest BCUT2D eigenvalue weighted by Gasteiger charge is -2.43. The minimum absolute atomic E-state index is 0.271. The molecule has 1 atom stereocenters. The molecule has 1 aromatic carbocycles. The zero-order valence-electron chi connectivity index (χ0n) is 12.8. The summed E-state index contributed by atoms with van der Waals surface area (Å²) >= 11 is 0. The van der Waals surface area contributed by atoms with Crippen molar-refractivity contribution in [2.75, 3.05) is 13.1 Å². The first-order valence-corrected chi connectivity index (χ1v) is 7.90. The van der Waals surface area contributed by atoms with Gasteiger partial charge < -0.3 is 0 Å². The van der Waals surface area contributed by atoms with Crippen molar-refractivity contribution < 1.29 is 0 Å². The average Bonchev–Trinajstić information content (AvgIpc) is 2.54. The van der Waals surface area contributed by atoms with Crippen LogP contribution in [0.1, 0.15) is 57.6 Å². The highest BCUT2D eigenvalue weighted by atomic mass is 15.2. The summed E-state index contributed by atoms with van der Waals surface area (Å²) in [4.78, 5) is 2.52. The van der Waals surface area contributed by atoms with Crippen LogP contribution in [0.4, 0.5) is 0 Å². The Bertz CT molecular complexity index is 432. The molecule has 0 bridgehead atoms. The number of nitrogens with zero attached hydrogens (tertiary/aromatic N) is 2. The highest BCUT2D eigenvalue weighted by molar-refractivity contribution is 5.20. The summed E-state index contributed by atoms with van der Waals surface area (Å²) < 4.78 is 0. The maximum Gasteiger partial charge on any atom is 0.0641 e. The van der Waals surface area contributed by atoms with Crippen molar-refractivity contribution in [2.24, 2.45) is 5.41 Å². The molecule has 0 amide bonds. The van der Waals surface area contributed by atoms with Gasteiger partial charge in [-0.1, -0.05) is 57.0 Å². The number of benzene rings is 1. The van der Waals surface area contributed by atoms with E-state index in [-0.39, 0.29) is 6.04 Å². The van der Waals surface area contributed by atoms with Gasteiger partial charge in [-0.15, -0.1) is 0 Å². The van der Waals surface area contributed by atoms with Crippen LogP contribution in [0, 0.1) is 16.7 Å². The Balaban J connectivity index is 2.08. The molecule has 20 heavy (non-hydrogen) atoms. The lowest BCUT2D eigenvalue weighted by molar-refractivity contribution is 0.0668. The molecule has 0 saturated carbocycles. The van der Waals surface area contributed by atoms with Crippen LogP contribution in [0.2, 0.25) is 0 Å². The molecule has 1 saturated heterocycles. The molecule has 0 spiro atoms. The van der Waals surface area contributed by atoms with Crippen molar-refractivity contribution in [2.45, 2.75) is 52.0 Å². The average molecular weight is 270 g/mol. The minimum Gasteiger partial charge on any atom is -0.295 e. The number of hydrogen-bond donors (Lipinski definition) is 0. The van der Waals surface area contributed by atoms with Crippen molar-refractivity contribution >= 4 is 0 Å². The Hall–Kier alpha value is -1.33. The first-order chi connectivity index (χ1) is 9.74. The lowest BCUT2D eigenvalue weighted by atomic mass is 9.74. The second kappa shape index (κ2) is 6.90. The monoisotopic (exact) mass is 270 g/mol. The molecule has 1 unspecified atom stereocenters. The van der Waals surface area contributed by atoms with Crippen molar-refractivity contribution in [3.8, 4) is 6.07 Å². The van der Waals surface area contributed by atoms with Crippen molar-refractivity contribution in [1.82, 2.24) is 4.90 Å². The summed E-state index contributed by atoms with van der Waals surface area (Å²) in [6.07, 6.45) is 5.70. The summed E-state index contributed by atoms with van der Waals surface area (Å²) in [5.41, 5.74) is 1.83. The Morgan fingerprint density at radius 1 is 1.15 bits per heavy atom. The third-order valence-corrected chi connectivity index (χ3v) is 5.27. The van der Waals surface area contributed by atoms with Crippen molar-refractivity contribution in [1.29, 1.82) is 5.26 Å². The maximum absolute atomic E-state index is 9.15. The van der Waals surface area contributed by atoms with E-state index in [1.54, 1.807) is 0 Å². The number of nitriles is 1. The lowest BCUT2D eigenvalue weighted by Crippen LogP contribution is -2.41. The van der Waals surface area contributed by atoms with Gasteiger partial charge in [0.15, 0.2) is 0 Å². The number of piperidine rings is 1. The molecule has 1 aliphatic rings. The molecule has 1 heterocycles. The smallest absolute Gasteiger partial charge is 0.0641 e. The number of likely N-dealkylation sites (tertiary alicyclic amines) is 1. The normalized spacial score (nSPS) is 20.2. The first kappa shape index (κ1) is 15.1. The summed E-state index contributed by atoms with van der Waals surface area (Å²) in [6.45, 7) is 6.90. The van der Waals surface area contributed by atoms with Crippen LogP contribution in [0.5, 0.6) is 0 Å². The number of rotatable bonds is 5. The predicted molar refractivity (Wildman–Crippen MR) is 83.2 cm³/mol. The fraction of sp³-hybridized carbons (Fsp3) is 0.611. The fourth-order valence-electron chi connectivity index (χ4n) is 3.49. The van der Waals surface area contributed by atoms with Crippen LogP contribution in [0.3, 0.4) is 0 Å². The highest BCUT2D eigenvalue weighted by Gasteiger charge is 2.33. The molecule has 0 N–H and O–H groups in total. The zero-order chi connectivity index (χ0) is 14.4. The molecule has 1 fully saturated rings. The van der Waals surface area contributed by atoms with Gasteiger partial charge in [-0.05, 0) is 36.9 Å². The molecule has 1 aliphatic heterocycles. The van der Waals surface area contributed by atoms with E-state index in [0.29, 0.717) is 11.8 Å². The highest BCUT2D eigenvalue weighted by Crippen LogP contribution is 2.40. The molecular formula is C18H26N2. The molecular weight excluding hydrogens is 244 g/mol. The SMILES string of the molecule is CCC1(CC)CCN(C(CC#N)c2ccccc2)CC1. The molecule has 2 nitrogen and oxygen atoms in total. The van der Waals surface area contributed by atoms with Gasteiger partial charge in [0.05, 0.1) is 12.5 Å². The second-order valence-corrected chi connectivity index (χ2v) is 6.03. The Morgan fingerprint density at radius 2 is 1.75 bits per heavy atom. The van der Waals surface area contributed by atoms with E-state index in [1.807, 2.05) is 6.07 Å². The van der Waals surface area contributed by atoms with E-state index in [0.717, 1.165) is 13.1 Å². The largest absolute Gasteiger partial charge is 0.295 e. The van der Waals surface area contributed by atoms with Crippen LogP contribution in [0.25, 0.3) is 0 Å². The third-order valence-electron chi connectivity index (χ3n) is 5.27. The molecule has 0 aromatic heterocycles. The van der Waals surface area contributed by atoms with Gasteiger partial charge in [-0.2, -0.15) is 5.26 Å². The quantitative estimate of drug-likeness (QED) is 0.785.